The molecule has 1 unspecified atom stereocenters. The molecule has 2 aliphatic heterocycles. The largest absolute Gasteiger partial charge is 0.352 e. The van der Waals surface area contributed by atoms with Gasteiger partial charge in [-0.15, -0.1) is 0 Å². The van der Waals surface area contributed by atoms with Crippen molar-refractivity contribution in [3.05, 3.63) is 35.4 Å². The van der Waals surface area contributed by atoms with E-state index in [1.54, 1.807) is 0 Å². The molecule has 0 spiro atoms. The van der Waals surface area contributed by atoms with Gasteiger partial charge in [0.05, 0.1) is 0 Å². The zero-order valence-electron chi connectivity index (χ0n) is 15.8. The van der Waals surface area contributed by atoms with Crippen molar-refractivity contribution < 1.29 is 4.79 Å². The third-order valence-electron chi connectivity index (χ3n) is 5.27. The van der Waals surface area contributed by atoms with E-state index >= 15 is 0 Å². The van der Waals surface area contributed by atoms with E-state index in [4.69, 9.17) is 0 Å². The van der Waals surface area contributed by atoms with Gasteiger partial charge in [-0.1, -0.05) is 58.7 Å². The number of carbonyl (C=O) groups is 1. The summed E-state index contributed by atoms with van der Waals surface area (Å²) in [6, 6.07) is 8.75. The molecule has 1 atom stereocenters. The summed E-state index contributed by atoms with van der Waals surface area (Å²) in [6.45, 7) is 4.18. The van der Waals surface area contributed by atoms with Crippen LogP contribution in [0.25, 0.3) is 0 Å². The predicted octanol–water partition coefficient (Wildman–Crippen LogP) is 5.00. The first kappa shape index (κ1) is 20.1. The first-order valence-corrected chi connectivity index (χ1v) is 12.5. The molecule has 0 aromatic heterocycles. The Bertz CT molecular complexity index is 537. The Balaban J connectivity index is 1.29. The Kier molecular flexibility index (Phi) is 8.70. The SMILES string of the molecule is O=C(CCCCC1CCSS1)NCc1ccc(CN2CCCCC2)cc1. The molecule has 26 heavy (non-hydrogen) atoms. The normalized spacial score (nSPS) is 21.0. The summed E-state index contributed by atoms with van der Waals surface area (Å²) >= 11 is 0. The van der Waals surface area contributed by atoms with E-state index in [2.05, 4.69) is 34.5 Å². The van der Waals surface area contributed by atoms with E-state index in [9.17, 15) is 4.79 Å². The fourth-order valence-corrected chi connectivity index (χ4v) is 6.68. The van der Waals surface area contributed by atoms with Gasteiger partial charge in [0, 0.05) is 30.5 Å². The van der Waals surface area contributed by atoms with Crippen LogP contribution >= 0.6 is 21.6 Å². The topological polar surface area (TPSA) is 32.3 Å². The van der Waals surface area contributed by atoms with Crippen molar-refractivity contribution in [3.63, 3.8) is 0 Å². The molecule has 3 nitrogen and oxygen atoms in total. The highest BCUT2D eigenvalue weighted by atomic mass is 33.1. The predicted molar refractivity (Wildman–Crippen MR) is 114 cm³/mol. The van der Waals surface area contributed by atoms with E-state index < -0.39 is 0 Å². The van der Waals surface area contributed by atoms with Gasteiger partial charge in [0.25, 0.3) is 0 Å². The number of hydrogen-bond acceptors (Lipinski definition) is 4. The number of benzene rings is 1. The minimum absolute atomic E-state index is 0.191. The molecule has 2 saturated heterocycles. The number of likely N-dealkylation sites (tertiary alicyclic amines) is 1. The van der Waals surface area contributed by atoms with Gasteiger partial charge < -0.3 is 5.32 Å². The maximum absolute atomic E-state index is 12.0. The summed E-state index contributed by atoms with van der Waals surface area (Å²) in [5, 5.41) is 3.90. The first-order chi connectivity index (χ1) is 12.8. The molecular weight excluding hydrogens is 360 g/mol. The molecule has 144 valence electrons. The van der Waals surface area contributed by atoms with Crippen LogP contribution in [0.4, 0.5) is 0 Å². The Hall–Kier alpha value is -0.650. The fraction of sp³-hybridized carbons (Fsp3) is 0.667. The number of carbonyl (C=O) groups excluding carboxylic acids is 1. The number of unbranched alkanes of at least 4 members (excludes halogenated alkanes) is 1. The van der Waals surface area contributed by atoms with Gasteiger partial charge in [0.15, 0.2) is 0 Å². The van der Waals surface area contributed by atoms with Crippen molar-refractivity contribution in [2.75, 3.05) is 18.8 Å². The van der Waals surface area contributed by atoms with E-state index in [1.807, 2.05) is 21.6 Å². The van der Waals surface area contributed by atoms with Crippen molar-refractivity contribution in [2.24, 2.45) is 0 Å². The standard InChI is InChI=1S/C21H32N2OS2/c24-21(7-3-2-6-20-12-15-25-26-20)22-16-18-8-10-19(11-9-18)17-23-13-4-1-5-14-23/h8-11,20H,1-7,12-17H2,(H,22,24). The van der Waals surface area contributed by atoms with Crippen LogP contribution in [0, 0.1) is 0 Å². The van der Waals surface area contributed by atoms with E-state index in [0.29, 0.717) is 13.0 Å². The van der Waals surface area contributed by atoms with Crippen molar-refractivity contribution in [1.29, 1.82) is 0 Å². The lowest BCUT2D eigenvalue weighted by Crippen LogP contribution is -2.29. The Labute approximate surface area is 166 Å². The smallest absolute Gasteiger partial charge is 0.220 e. The molecule has 2 fully saturated rings. The van der Waals surface area contributed by atoms with E-state index in [0.717, 1.165) is 18.2 Å². The second kappa shape index (κ2) is 11.3. The number of rotatable bonds is 9. The highest BCUT2D eigenvalue weighted by Crippen LogP contribution is 2.39. The quantitative estimate of drug-likeness (QED) is 0.473. The maximum atomic E-state index is 12.0. The number of nitrogens with zero attached hydrogens (tertiary/aromatic N) is 1. The summed E-state index contributed by atoms with van der Waals surface area (Å²) in [4.78, 5) is 14.6. The lowest BCUT2D eigenvalue weighted by Gasteiger charge is -2.26. The zero-order valence-corrected chi connectivity index (χ0v) is 17.4. The fourth-order valence-electron chi connectivity index (χ4n) is 3.65. The zero-order chi connectivity index (χ0) is 18.0. The van der Waals surface area contributed by atoms with Gasteiger partial charge in [-0.3, -0.25) is 9.69 Å². The number of hydrogen-bond donors (Lipinski definition) is 1. The summed E-state index contributed by atoms with van der Waals surface area (Å²) in [7, 11) is 4.03. The van der Waals surface area contributed by atoms with Crippen LogP contribution in [-0.2, 0) is 17.9 Å². The van der Waals surface area contributed by atoms with Crippen LogP contribution < -0.4 is 5.32 Å². The van der Waals surface area contributed by atoms with Crippen molar-refractivity contribution in [2.45, 2.75) is 69.7 Å². The third-order valence-corrected chi connectivity index (χ3v) is 8.28. The summed E-state index contributed by atoms with van der Waals surface area (Å²) in [6.07, 6.45) is 9.52. The van der Waals surface area contributed by atoms with Crippen molar-refractivity contribution in [1.82, 2.24) is 10.2 Å². The van der Waals surface area contributed by atoms with Gasteiger partial charge in [-0.25, -0.2) is 0 Å². The number of amides is 1. The Morgan fingerprint density at radius 3 is 2.58 bits per heavy atom. The molecular formula is C21H32N2OS2. The van der Waals surface area contributed by atoms with Crippen LogP contribution in [-0.4, -0.2) is 34.9 Å². The second-order valence-corrected chi connectivity index (χ2v) is 10.3. The minimum Gasteiger partial charge on any atom is -0.352 e. The molecule has 1 N–H and O–H groups in total. The molecule has 1 aromatic rings. The van der Waals surface area contributed by atoms with Crippen LogP contribution in [0.5, 0.6) is 0 Å². The Morgan fingerprint density at radius 1 is 1.08 bits per heavy atom. The van der Waals surface area contributed by atoms with Crippen LogP contribution in [0.3, 0.4) is 0 Å². The molecule has 0 radical (unpaired) electrons. The molecule has 3 rings (SSSR count). The highest BCUT2D eigenvalue weighted by Gasteiger charge is 2.15. The first-order valence-electron chi connectivity index (χ1n) is 10.1. The number of piperidine rings is 1. The van der Waals surface area contributed by atoms with Gasteiger partial charge >= 0.3 is 0 Å². The lowest BCUT2D eigenvalue weighted by molar-refractivity contribution is -0.121. The molecule has 0 bridgehead atoms. The summed E-state index contributed by atoms with van der Waals surface area (Å²) in [5.41, 5.74) is 2.57. The molecule has 2 aliphatic rings. The minimum atomic E-state index is 0.191. The van der Waals surface area contributed by atoms with Gasteiger partial charge in [-0.05, 0) is 56.3 Å². The molecule has 5 heteroatoms. The molecule has 2 heterocycles. The lowest BCUT2D eigenvalue weighted by atomic mass is 10.1. The average molecular weight is 393 g/mol. The highest BCUT2D eigenvalue weighted by molar-refractivity contribution is 8.77. The van der Waals surface area contributed by atoms with Crippen molar-refractivity contribution >= 4 is 27.5 Å². The van der Waals surface area contributed by atoms with Gasteiger partial charge in [0.2, 0.25) is 5.91 Å². The Morgan fingerprint density at radius 2 is 1.85 bits per heavy atom. The monoisotopic (exact) mass is 392 g/mol. The van der Waals surface area contributed by atoms with Gasteiger partial charge in [-0.2, -0.15) is 0 Å². The number of nitrogens with one attached hydrogen (secondary N) is 1. The summed E-state index contributed by atoms with van der Waals surface area (Å²) < 4.78 is 0. The maximum Gasteiger partial charge on any atom is 0.220 e. The molecule has 1 amide bonds. The molecule has 1 aromatic carbocycles. The van der Waals surface area contributed by atoms with Crippen LogP contribution in [0.1, 0.15) is 62.5 Å². The molecule has 0 saturated carbocycles. The second-order valence-electron chi connectivity index (χ2n) is 7.50. The van der Waals surface area contributed by atoms with Crippen molar-refractivity contribution in [3.8, 4) is 0 Å². The van der Waals surface area contributed by atoms with Gasteiger partial charge in [0.1, 0.15) is 0 Å². The van der Waals surface area contributed by atoms with E-state index in [1.165, 1.54) is 68.5 Å². The average Bonchev–Trinajstić information content (AvgIpc) is 3.19. The third kappa shape index (κ3) is 7.16. The van der Waals surface area contributed by atoms with E-state index in [-0.39, 0.29) is 5.91 Å². The molecule has 0 aliphatic carbocycles. The van der Waals surface area contributed by atoms with Crippen LogP contribution in [0.2, 0.25) is 0 Å². The summed E-state index contributed by atoms with van der Waals surface area (Å²) in [5.74, 6) is 1.49. The van der Waals surface area contributed by atoms with Crippen LogP contribution in [0.15, 0.2) is 24.3 Å².